The number of unbranched alkanes of at least 4 members (excludes halogenated alkanes) is 3. The third-order valence-electron chi connectivity index (χ3n) is 3.53. The average molecular weight is 232 g/mol. The molecule has 0 bridgehead atoms. The molecule has 0 aromatic carbocycles. The van der Waals surface area contributed by atoms with Crippen molar-refractivity contribution in [2.24, 2.45) is 0 Å². The van der Waals surface area contributed by atoms with E-state index >= 15 is 0 Å². The van der Waals surface area contributed by atoms with Crippen LogP contribution in [0.1, 0.15) is 46.0 Å². The maximum absolute atomic E-state index is 10.3. The van der Waals surface area contributed by atoms with Crippen LogP contribution in [0.15, 0.2) is 0 Å². The van der Waals surface area contributed by atoms with Gasteiger partial charge >= 0.3 is 0 Å². The first-order chi connectivity index (χ1) is 7.52. The van der Waals surface area contributed by atoms with Gasteiger partial charge in [0, 0.05) is 0 Å². The van der Waals surface area contributed by atoms with Gasteiger partial charge in [-0.15, -0.1) is 0 Å². The maximum Gasteiger partial charge on any atom is 0.119 e. The molecule has 16 heavy (non-hydrogen) atoms. The molecule has 3 unspecified atom stereocenters. The van der Waals surface area contributed by atoms with Crippen LogP contribution in [0.3, 0.4) is 0 Å². The molecule has 4 heteroatoms. The Morgan fingerprint density at radius 1 is 1.25 bits per heavy atom. The van der Waals surface area contributed by atoms with E-state index in [-0.39, 0.29) is 6.61 Å². The fourth-order valence-corrected chi connectivity index (χ4v) is 2.24. The fraction of sp³-hybridized carbons (Fsp3) is 1.00. The lowest BCUT2D eigenvalue weighted by Crippen LogP contribution is -2.61. The minimum absolute atomic E-state index is 0.0968. The van der Waals surface area contributed by atoms with Gasteiger partial charge in [-0.2, -0.15) is 0 Å². The van der Waals surface area contributed by atoms with Crippen molar-refractivity contribution in [3.05, 3.63) is 0 Å². The minimum Gasteiger partial charge on any atom is -0.388 e. The van der Waals surface area contributed by atoms with Gasteiger partial charge in [-0.1, -0.05) is 32.6 Å². The molecule has 1 aliphatic heterocycles. The van der Waals surface area contributed by atoms with Crippen molar-refractivity contribution >= 4 is 0 Å². The van der Waals surface area contributed by atoms with Crippen LogP contribution in [-0.4, -0.2) is 45.8 Å². The van der Waals surface area contributed by atoms with E-state index in [0.717, 1.165) is 25.7 Å². The molecule has 0 saturated carbocycles. The summed E-state index contributed by atoms with van der Waals surface area (Å²) in [7, 11) is 0. The van der Waals surface area contributed by atoms with Crippen molar-refractivity contribution < 1.29 is 20.1 Å². The van der Waals surface area contributed by atoms with Gasteiger partial charge in [0.1, 0.15) is 17.8 Å². The molecule has 0 amide bonds. The number of aliphatic hydroxyl groups is 3. The molecule has 1 heterocycles. The zero-order valence-corrected chi connectivity index (χ0v) is 10.2. The Morgan fingerprint density at radius 3 is 2.56 bits per heavy atom. The van der Waals surface area contributed by atoms with Crippen LogP contribution in [0.25, 0.3) is 0 Å². The quantitative estimate of drug-likeness (QED) is 0.614. The Morgan fingerprint density at radius 2 is 1.94 bits per heavy atom. The van der Waals surface area contributed by atoms with E-state index in [4.69, 9.17) is 4.74 Å². The second kappa shape index (κ2) is 5.96. The SMILES string of the molecule is CCCCCC[C@@]1(O)C(C)OCC(O)C1O. The Balaban J connectivity index is 2.50. The maximum atomic E-state index is 10.3. The number of aliphatic hydroxyl groups excluding tert-OH is 2. The Labute approximate surface area is 97.2 Å². The Bertz CT molecular complexity index is 209. The third-order valence-corrected chi connectivity index (χ3v) is 3.53. The molecule has 0 aromatic rings. The van der Waals surface area contributed by atoms with Crippen molar-refractivity contribution in [2.45, 2.75) is 69.9 Å². The standard InChI is InChI=1S/C12H24O4/c1-3-4-5-6-7-12(15)9(2)16-8-10(13)11(12)14/h9-11,13-15H,3-8H2,1-2H3/t9?,10?,11?,12-/m1/s1. The highest BCUT2D eigenvalue weighted by molar-refractivity contribution is 4.98. The summed E-state index contributed by atoms with van der Waals surface area (Å²) in [6.07, 6.45) is 2.13. The molecule has 1 saturated heterocycles. The summed E-state index contributed by atoms with van der Waals surface area (Å²) in [6.45, 7) is 3.97. The van der Waals surface area contributed by atoms with Crippen LogP contribution < -0.4 is 0 Å². The molecular weight excluding hydrogens is 208 g/mol. The highest BCUT2D eigenvalue weighted by Gasteiger charge is 2.48. The largest absolute Gasteiger partial charge is 0.388 e. The van der Waals surface area contributed by atoms with Gasteiger partial charge < -0.3 is 20.1 Å². The predicted molar refractivity (Wildman–Crippen MR) is 61.1 cm³/mol. The van der Waals surface area contributed by atoms with Gasteiger partial charge in [-0.05, 0) is 13.3 Å². The van der Waals surface area contributed by atoms with E-state index in [9.17, 15) is 15.3 Å². The summed E-state index contributed by atoms with van der Waals surface area (Å²) in [5.74, 6) is 0. The monoisotopic (exact) mass is 232 g/mol. The van der Waals surface area contributed by atoms with Crippen molar-refractivity contribution in [1.29, 1.82) is 0 Å². The summed E-state index contributed by atoms with van der Waals surface area (Å²) in [4.78, 5) is 0. The van der Waals surface area contributed by atoms with E-state index in [1.54, 1.807) is 6.92 Å². The average Bonchev–Trinajstić information content (AvgIpc) is 2.28. The lowest BCUT2D eigenvalue weighted by molar-refractivity contribution is -0.240. The van der Waals surface area contributed by atoms with Crippen molar-refractivity contribution in [2.75, 3.05) is 6.61 Å². The molecule has 1 fully saturated rings. The van der Waals surface area contributed by atoms with Crippen molar-refractivity contribution in [3.8, 4) is 0 Å². The van der Waals surface area contributed by atoms with Gasteiger partial charge in [0.25, 0.3) is 0 Å². The highest BCUT2D eigenvalue weighted by Crippen LogP contribution is 2.31. The van der Waals surface area contributed by atoms with E-state index < -0.39 is 23.9 Å². The number of ether oxygens (including phenoxy) is 1. The number of hydrogen-bond acceptors (Lipinski definition) is 4. The van der Waals surface area contributed by atoms with Gasteiger partial charge in [-0.3, -0.25) is 0 Å². The predicted octanol–water partition coefficient (Wildman–Crippen LogP) is 0.828. The van der Waals surface area contributed by atoms with Crippen LogP contribution in [-0.2, 0) is 4.74 Å². The van der Waals surface area contributed by atoms with E-state index in [2.05, 4.69) is 6.92 Å². The van der Waals surface area contributed by atoms with Gasteiger partial charge in [0.05, 0.1) is 12.7 Å². The molecular formula is C12H24O4. The molecule has 3 N–H and O–H groups in total. The van der Waals surface area contributed by atoms with Crippen LogP contribution in [0.4, 0.5) is 0 Å². The molecule has 0 aliphatic carbocycles. The molecule has 96 valence electrons. The van der Waals surface area contributed by atoms with Gasteiger partial charge in [0.2, 0.25) is 0 Å². The molecule has 0 aromatic heterocycles. The molecule has 0 spiro atoms. The molecule has 4 nitrogen and oxygen atoms in total. The number of rotatable bonds is 5. The molecule has 1 rings (SSSR count). The molecule has 1 aliphatic rings. The summed E-state index contributed by atoms with van der Waals surface area (Å²) in [5.41, 5.74) is -1.30. The second-order valence-corrected chi connectivity index (χ2v) is 4.79. The zero-order chi connectivity index (χ0) is 12.2. The normalized spacial score (nSPS) is 39.9. The van der Waals surface area contributed by atoms with Gasteiger partial charge in [0.15, 0.2) is 0 Å². The lowest BCUT2D eigenvalue weighted by atomic mass is 9.81. The van der Waals surface area contributed by atoms with Crippen LogP contribution in [0, 0.1) is 0 Å². The van der Waals surface area contributed by atoms with E-state index in [1.807, 2.05) is 0 Å². The highest BCUT2D eigenvalue weighted by atomic mass is 16.5. The Hall–Kier alpha value is -0.160. The molecule has 0 radical (unpaired) electrons. The first-order valence-electron chi connectivity index (χ1n) is 6.22. The fourth-order valence-electron chi connectivity index (χ4n) is 2.24. The zero-order valence-electron chi connectivity index (χ0n) is 10.2. The minimum atomic E-state index is -1.30. The van der Waals surface area contributed by atoms with E-state index in [1.165, 1.54) is 0 Å². The Kier molecular flexibility index (Phi) is 5.18. The summed E-state index contributed by atoms with van der Waals surface area (Å²) in [6, 6.07) is 0. The summed E-state index contributed by atoms with van der Waals surface area (Å²) >= 11 is 0. The third kappa shape index (κ3) is 2.94. The summed E-state index contributed by atoms with van der Waals surface area (Å²) < 4.78 is 5.27. The first kappa shape index (κ1) is 13.9. The lowest BCUT2D eigenvalue weighted by Gasteiger charge is -2.44. The summed E-state index contributed by atoms with van der Waals surface area (Å²) in [5, 5.41) is 29.7. The molecule has 4 atom stereocenters. The van der Waals surface area contributed by atoms with E-state index in [0.29, 0.717) is 6.42 Å². The van der Waals surface area contributed by atoms with Crippen LogP contribution in [0.2, 0.25) is 0 Å². The first-order valence-corrected chi connectivity index (χ1v) is 6.22. The van der Waals surface area contributed by atoms with Gasteiger partial charge in [-0.25, -0.2) is 0 Å². The van der Waals surface area contributed by atoms with Crippen LogP contribution in [0.5, 0.6) is 0 Å². The topological polar surface area (TPSA) is 69.9 Å². The smallest absolute Gasteiger partial charge is 0.119 e. The van der Waals surface area contributed by atoms with Crippen molar-refractivity contribution in [1.82, 2.24) is 0 Å². The number of hydrogen-bond donors (Lipinski definition) is 3. The van der Waals surface area contributed by atoms with Crippen molar-refractivity contribution in [3.63, 3.8) is 0 Å². The second-order valence-electron chi connectivity index (χ2n) is 4.79. The van der Waals surface area contributed by atoms with Crippen LogP contribution >= 0.6 is 0 Å².